The topological polar surface area (TPSA) is 111 Å². The third-order valence-corrected chi connectivity index (χ3v) is 7.39. The highest BCUT2D eigenvalue weighted by atomic mass is 35.5. The summed E-state index contributed by atoms with van der Waals surface area (Å²) in [6, 6.07) is 10.9. The number of hydrogen-bond acceptors (Lipinski definition) is 7. The van der Waals surface area contributed by atoms with E-state index >= 15 is 0 Å². The van der Waals surface area contributed by atoms with Crippen LogP contribution in [-0.4, -0.2) is 27.9 Å². The summed E-state index contributed by atoms with van der Waals surface area (Å²) in [5.41, 5.74) is 3.79. The van der Waals surface area contributed by atoms with Gasteiger partial charge in [-0.05, 0) is 84.8 Å². The molecule has 8 nitrogen and oxygen atoms in total. The Morgan fingerprint density at radius 1 is 1.05 bits per heavy atom. The summed E-state index contributed by atoms with van der Waals surface area (Å²) in [5, 5.41) is 15.9. The second-order valence-electron chi connectivity index (χ2n) is 8.96. The molecule has 1 saturated heterocycles. The number of aromatic hydroxyl groups is 1. The number of alkyl halides is 3. The smallest absolute Gasteiger partial charge is 0.416 e. The van der Waals surface area contributed by atoms with Crippen LogP contribution < -0.4 is 15.6 Å². The quantitative estimate of drug-likeness (QED) is 0.183. The summed E-state index contributed by atoms with van der Waals surface area (Å²) in [6.07, 6.45) is -3.29. The predicted molar refractivity (Wildman–Crippen MR) is 147 cm³/mol. The summed E-state index contributed by atoms with van der Waals surface area (Å²) in [4.78, 5) is 38.0. The van der Waals surface area contributed by atoms with Crippen LogP contribution in [0.3, 0.4) is 0 Å². The van der Waals surface area contributed by atoms with E-state index in [0.717, 1.165) is 39.9 Å². The number of phenolic OH excluding ortho intramolecular Hbond substituents is 1. The van der Waals surface area contributed by atoms with Gasteiger partial charge in [0.25, 0.3) is 17.1 Å². The zero-order valence-electron chi connectivity index (χ0n) is 20.7. The van der Waals surface area contributed by atoms with Crippen molar-refractivity contribution in [3.63, 3.8) is 0 Å². The number of amides is 3. The second-order valence-corrected chi connectivity index (χ2v) is 10.4. The van der Waals surface area contributed by atoms with E-state index in [1.165, 1.54) is 24.3 Å². The van der Waals surface area contributed by atoms with E-state index in [1.807, 2.05) is 13.8 Å². The maximum Gasteiger partial charge on any atom is 0.416 e. The maximum atomic E-state index is 13.6. The van der Waals surface area contributed by atoms with Crippen molar-refractivity contribution in [3.05, 3.63) is 86.3 Å². The van der Waals surface area contributed by atoms with E-state index in [-0.39, 0.29) is 38.3 Å². The molecule has 2 aliphatic rings. The zero-order valence-corrected chi connectivity index (χ0v) is 22.3. The summed E-state index contributed by atoms with van der Waals surface area (Å²) in [5.74, 6) is -1.58. The third-order valence-electron chi connectivity index (χ3n) is 6.28. The Hall–Kier alpha value is -4.29. The number of anilines is 3. The highest BCUT2D eigenvalue weighted by Crippen LogP contribution is 2.44. The van der Waals surface area contributed by atoms with Gasteiger partial charge in [0.05, 0.1) is 32.4 Å². The molecule has 3 amide bonds. The number of nitrogens with zero attached hydrogens (tertiary/aromatic N) is 2. The third kappa shape index (κ3) is 5.03. The van der Waals surface area contributed by atoms with Gasteiger partial charge >= 0.3 is 6.18 Å². The highest BCUT2D eigenvalue weighted by Gasteiger charge is 2.41. The number of carbonyl (C=O) groups excluding carboxylic acids is 3. The first kappa shape index (κ1) is 27.3. The van der Waals surface area contributed by atoms with E-state index in [2.05, 4.69) is 15.8 Å². The summed E-state index contributed by atoms with van der Waals surface area (Å²) >= 11 is 7.01. The number of rotatable bonds is 4. The summed E-state index contributed by atoms with van der Waals surface area (Å²) in [6.45, 7) is 3.68. The number of imide groups is 1. The van der Waals surface area contributed by atoms with Crippen molar-refractivity contribution in [1.29, 1.82) is 0 Å². The molecular formula is C27H18ClF3N4O4S. The number of carbonyl (C=O) groups is 3. The molecule has 0 atom stereocenters. The van der Waals surface area contributed by atoms with Gasteiger partial charge in [-0.25, -0.2) is 0 Å². The van der Waals surface area contributed by atoms with Crippen molar-refractivity contribution < 1.29 is 32.7 Å². The van der Waals surface area contributed by atoms with E-state index in [9.17, 15) is 32.7 Å². The van der Waals surface area contributed by atoms with Crippen molar-refractivity contribution in [2.24, 2.45) is 5.10 Å². The number of nitrogens with one attached hydrogen (secondary N) is 2. The van der Waals surface area contributed by atoms with Crippen LogP contribution in [-0.2, 0) is 15.8 Å². The van der Waals surface area contributed by atoms with Gasteiger partial charge in [0.15, 0.2) is 5.71 Å². The molecule has 1 fully saturated rings. The highest BCUT2D eigenvalue weighted by molar-refractivity contribution is 8.18. The number of fused-ring (bicyclic) bond motifs is 1. The minimum atomic E-state index is -4.71. The number of aryl methyl sites for hydroxylation is 2. The fourth-order valence-electron chi connectivity index (χ4n) is 4.14. The molecule has 0 aromatic heterocycles. The standard InChI is InChI=1S/C27H18ClF3N4O4S/c1-12-3-5-16(7-13(12)2)35-19-11-15(27(29,30)31)10-17(28)22(19)23(25(35)38)34-33-18-6-4-14(8-20(18)36)9-21-24(37)32-26(39)40-21/h3-11,33,36H,1-2H3,(H,32,37,39)/b21-9+,34-23-. The van der Waals surface area contributed by atoms with Crippen LogP contribution in [0.4, 0.5) is 35.0 Å². The average molecular weight is 587 g/mol. The molecule has 0 aliphatic carbocycles. The summed E-state index contributed by atoms with van der Waals surface area (Å²) < 4.78 is 40.8. The predicted octanol–water partition coefficient (Wildman–Crippen LogP) is 6.50. The van der Waals surface area contributed by atoms with Gasteiger partial charge in [-0.3, -0.25) is 30.0 Å². The molecular weight excluding hydrogens is 569 g/mol. The molecule has 0 radical (unpaired) electrons. The molecule has 13 heteroatoms. The number of phenols is 1. The van der Waals surface area contributed by atoms with E-state index in [4.69, 9.17) is 11.6 Å². The number of benzene rings is 3. The Balaban J connectivity index is 1.53. The van der Waals surface area contributed by atoms with E-state index < -0.39 is 28.8 Å². The molecule has 5 rings (SSSR count). The first-order chi connectivity index (χ1) is 18.8. The molecule has 3 aromatic carbocycles. The molecule has 0 spiro atoms. The molecule has 0 unspecified atom stereocenters. The molecule has 3 N–H and O–H groups in total. The van der Waals surface area contributed by atoms with E-state index in [1.54, 1.807) is 18.2 Å². The molecule has 0 saturated carbocycles. The Bertz CT molecular complexity index is 1690. The Kier molecular flexibility index (Phi) is 6.84. The molecule has 0 bridgehead atoms. The monoisotopic (exact) mass is 586 g/mol. The second kappa shape index (κ2) is 10.0. The molecule has 3 aromatic rings. The number of halogens is 4. The van der Waals surface area contributed by atoms with Crippen LogP contribution in [0.15, 0.2) is 58.5 Å². The Labute approximate surface area is 234 Å². The number of hydrazone groups is 1. The Morgan fingerprint density at radius 3 is 2.42 bits per heavy atom. The summed E-state index contributed by atoms with van der Waals surface area (Å²) in [7, 11) is 0. The number of hydrogen-bond donors (Lipinski definition) is 3. The van der Waals surface area contributed by atoms with Gasteiger partial charge in [-0.15, -0.1) is 0 Å². The Morgan fingerprint density at radius 2 is 1.80 bits per heavy atom. The van der Waals surface area contributed by atoms with Crippen LogP contribution in [0.1, 0.15) is 27.8 Å². The van der Waals surface area contributed by atoms with Crippen LogP contribution in [0.5, 0.6) is 5.75 Å². The van der Waals surface area contributed by atoms with Crippen LogP contribution >= 0.6 is 23.4 Å². The van der Waals surface area contributed by atoms with Crippen molar-refractivity contribution in [2.75, 3.05) is 10.3 Å². The van der Waals surface area contributed by atoms with Crippen molar-refractivity contribution >= 4 is 69.3 Å². The average Bonchev–Trinajstić information content (AvgIpc) is 3.34. The van der Waals surface area contributed by atoms with Crippen LogP contribution in [0.2, 0.25) is 5.02 Å². The van der Waals surface area contributed by atoms with Gasteiger partial charge in [0, 0.05) is 5.69 Å². The maximum absolute atomic E-state index is 13.6. The molecule has 2 aliphatic heterocycles. The van der Waals surface area contributed by atoms with Crippen molar-refractivity contribution in [1.82, 2.24) is 5.32 Å². The van der Waals surface area contributed by atoms with Gasteiger partial charge in [-0.2, -0.15) is 18.3 Å². The van der Waals surface area contributed by atoms with Gasteiger partial charge < -0.3 is 5.11 Å². The first-order valence-electron chi connectivity index (χ1n) is 11.6. The largest absolute Gasteiger partial charge is 0.506 e. The van der Waals surface area contributed by atoms with Crippen LogP contribution in [0, 0.1) is 13.8 Å². The van der Waals surface area contributed by atoms with Crippen molar-refractivity contribution in [2.45, 2.75) is 20.0 Å². The van der Waals surface area contributed by atoms with E-state index in [0.29, 0.717) is 11.3 Å². The lowest BCUT2D eigenvalue weighted by molar-refractivity contribution is -0.137. The minimum Gasteiger partial charge on any atom is -0.506 e. The first-order valence-corrected chi connectivity index (χ1v) is 12.8. The van der Waals surface area contributed by atoms with Crippen molar-refractivity contribution in [3.8, 4) is 5.75 Å². The zero-order chi connectivity index (χ0) is 28.9. The molecule has 204 valence electrons. The minimum absolute atomic E-state index is 0.000163. The lowest BCUT2D eigenvalue weighted by atomic mass is 10.1. The lowest BCUT2D eigenvalue weighted by Crippen LogP contribution is -2.26. The van der Waals surface area contributed by atoms with Gasteiger partial charge in [0.2, 0.25) is 0 Å². The molecule has 2 heterocycles. The lowest BCUT2D eigenvalue weighted by Gasteiger charge is -2.19. The van der Waals surface area contributed by atoms with Gasteiger partial charge in [0.1, 0.15) is 5.75 Å². The fraction of sp³-hybridized carbons (Fsp3) is 0.111. The molecule has 40 heavy (non-hydrogen) atoms. The van der Waals surface area contributed by atoms with Crippen LogP contribution in [0.25, 0.3) is 6.08 Å². The normalized spacial score (nSPS) is 17.1. The fourth-order valence-corrected chi connectivity index (χ4v) is 5.12. The SMILES string of the molecule is Cc1ccc(N2C(=O)/C(=N\Nc3ccc(/C=C4/SC(=O)NC4=O)cc3O)c3c(Cl)cc(C(F)(F)F)cc32)cc1C. The van der Waals surface area contributed by atoms with Gasteiger partial charge in [-0.1, -0.05) is 23.7 Å². The number of thioether (sulfide) groups is 1.